The van der Waals surface area contributed by atoms with Crippen LogP contribution in [0.2, 0.25) is 0 Å². The molecule has 130 valence electrons. The van der Waals surface area contributed by atoms with Crippen LogP contribution in [0.15, 0.2) is 59.1 Å². The van der Waals surface area contributed by atoms with Crippen LogP contribution >= 0.6 is 0 Å². The third-order valence-corrected chi connectivity index (χ3v) is 4.20. The molecular formula is C20H18N4O2. The van der Waals surface area contributed by atoms with Gasteiger partial charge in [-0.05, 0) is 37.3 Å². The van der Waals surface area contributed by atoms with Crippen LogP contribution in [0.4, 0.5) is 0 Å². The third-order valence-electron chi connectivity index (χ3n) is 4.20. The van der Waals surface area contributed by atoms with E-state index in [9.17, 15) is 4.79 Å². The second-order valence-electron chi connectivity index (χ2n) is 6.02. The minimum atomic E-state index is -0.160. The molecule has 2 N–H and O–H groups in total. The second kappa shape index (κ2) is 6.84. The molecule has 0 aliphatic carbocycles. The van der Waals surface area contributed by atoms with Crippen molar-refractivity contribution in [2.45, 2.75) is 13.3 Å². The molecule has 0 saturated heterocycles. The lowest BCUT2D eigenvalue weighted by Crippen LogP contribution is -2.26. The Kier molecular flexibility index (Phi) is 4.23. The maximum absolute atomic E-state index is 12.3. The Balaban J connectivity index is 1.40. The summed E-state index contributed by atoms with van der Waals surface area (Å²) < 4.78 is 5.74. The van der Waals surface area contributed by atoms with Gasteiger partial charge in [-0.2, -0.15) is 0 Å². The number of nitrogens with one attached hydrogen (secondary N) is 2. The van der Waals surface area contributed by atoms with Gasteiger partial charge in [-0.3, -0.25) is 4.79 Å². The normalized spacial score (nSPS) is 11.0. The Hall–Kier alpha value is -3.41. The van der Waals surface area contributed by atoms with Gasteiger partial charge in [0.1, 0.15) is 17.1 Å². The smallest absolute Gasteiger partial charge is 0.267 e. The first-order valence-corrected chi connectivity index (χ1v) is 8.44. The van der Waals surface area contributed by atoms with Gasteiger partial charge in [-0.25, -0.2) is 9.97 Å². The molecule has 0 fully saturated rings. The predicted octanol–water partition coefficient (Wildman–Crippen LogP) is 3.50. The fourth-order valence-corrected chi connectivity index (χ4v) is 2.83. The minimum Gasteiger partial charge on any atom is -0.441 e. The molecule has 0 aliphatic rings. The first kappa shape index (κ1) is 16.1. The van der Waals surface area contributed by atoms with Crippen molar-refractivity contribution in [1.82, 2.24) is 20.3 Å². The molecule has 3 heterocycles. The Labute approximate surface area is 150 Å². The summed E-state index contributed by atoms with van der Waals surface area (Å²) in [6.07, 6.45) is 2.30. The minimum absolute atomic E-state index is 0.160. The first-order valence-electron chi connectivity index (χ1n) is 8.44. The molecule has 1 amide bonds. The van der Waals surface area contributed by atoms with Gasteiger partial charge in [0.25, 0.3) is 5.91 Å². The van der Waals surface area contributed by atoms with Gasteiger partial charge < -0.3 is 14.7 Å². The highest BCUT2D eigenvalue weighted by Gasteiger charge is 2.13. The number of carbonyl (C=O) groups is 1. The summed E-state index contributed by atoms with van der Waals surface area (Å²) in [7, 11) is 0. The average molecular weight is 346 g/mol. The number of carbonyl (C=O) groups excluding carboxylic acids is 1. The zero-order valence-corrected chi connectivity index (χ0v) is 14.3. The van der Waals surface area contributed by atoms with Crippen LogP contribution in [0.1, 0.15) is 21.9 Å². The van der Waals surface area contributed by atoms with Crippen molar-refractivity contribution in [2.24, 2.45) is 0 Å². The van der Waals surface area contributed by atoms with E-state index in [4.69, 9.17) is 4.42 Å². The number of H-pyrrole nitrogens is 1. The Morgan fingerprint density at radius 3 is 2.85 bits per heavy atom. The lowest BCUT2D eigenvalue weighted by Gasteiger charge is -2.02. The summed E-state index contributed by atoms with van der Waals surface area (Å²) in [5.41, 5.74) is 3.00. The number of aromatic nitrogens is 3. The Morgan fingerprint density at radius 1 is 1.19 bits per heavy atom. The maximum Gasteiger partial charge on any atom is 0.267 e. The quantitative estimate of drug-likeness (QED) is 0.579. The number of aryl methyl sites for hydroxylation is 1. The van der Waals surface area contributed by atoms with E-state index < -0.39 is 0 Å². The van der Waals surface area contributed by atoms with E-state index >= 15 is 0 Å². The number of aromatic amines is 1. The second-order valence-corrected chi connectivity index (χ2v) is 6.02. The number of oxazole rings is 1. The number of benzene rings is 1. The molecule has 0 atom stereocenters. The largest absolute Gasteiger partial charge is 0.441 e. The summed E-state index contributed by atoms with van der Waals surface area (Å²) in [4.78, 5) is 24.1. The van der Waals surface area contributed by atoms with Crippen LogP contribution in [0.3, 0.4) is 0 Å². The standard InChI is InChI=1S/C20H18N4O2/c1-13-16(24-20(26-13)14-6-3-2-4-7-14)9-11-22-19(25)17-12-15-8-5-10-21-18(15)23-17/h2-8,10,12H,9,11H2,1H3,(H,21,23)(H,22,25). The van der Waals surface area contributed by atoms with Gasteiger partial charge in [-0.1, -0.05) is 18.2 Å². The topological polar surface area (TPSA) is 83.8 Å². The van der Waals surface area contributed by atoms with Crippen molar-refractivity contribution in [3.8, 4) is 11.5 Å². The average Bonchev–Trinajstić information content (AvgIpc) is 3.26. The van der Waals surface area contributed by atoms with Crippen molar-refractivity contribution >= 4 is 16.9 Å². The van der Waals surface area contributed by atoms with Gasteiger partial charge in [0.15, 0.2) is 0 Å². The van der Waals surface area contributed by atoms with Gasteiger partial charge >= 0.3 is 0 Å². The van der Waals surface area contributed by atoms with Crippen LogP contribution in [-0.2, 0) is 6.42 Å². The zero-order chi connectivity index (χ0) is 17.9. The van der Waals surface area contributed by atoms with Crippen molar-refractivity contribution < 1.29 is 9.21 Å². The van der Waals surface area contributed by atoms with Gasteiger partial charge in [0, 0.05) is 30.1 Å². The van der Waals surface area contributed by atoms with Crippen LogP contribution in [-0.4, -0.2) is 27.4 Å². The molecular weight excluding hydrogens is 328 g/mol. The number of amides is 1. The summed E-state index contributed by atoms with van der Waals surface area (Å²) in [5.74, 6) is 1.21. The molecule has 4 aromatic rings. The van der Waals surface area contributed by atoms with Gasteiger partial charge in [-0.15, -0.1) is 0 Å². The van der Waals surface area contributed by atoms with E-state index in [1.165, 1.54) is 0 Å². The highest BCUT2D eigenvalue weighted by molar-refractivity contribution is 5.97. The first-order chi connectivity index (χ1) is 12.7. The molecule has 26 heavy (non-hydrogen) atoms. The van der Waals surface area contributed by atoms with Gasteiger partial charge in [0.2, 0.25) is 5.89 Å². The molecule has 6 heteroatoms. The van der Waals surface area contributed by atoms with Crippen LogP contribution in [0.25, 0.3) is 22.5 Å². The Morgan fingerprint density at radius 2 is 2.04 bits per heavy atom. The molecule has 0 bridgehead atoms. The SMILES string of the molecule is Cc1oc(-c2ccccc2)nc1CCNC(=O)c1cc2cccnc2[nH]1. The molecule has 0 radical (unpaired) electrons. The molecule has 0 unspecified atom stereocenters. The fraction of sp³-hybridized carbons (Fsp3) is 0.150. The number of rotatable bonds is 5. The lowest BCUT2D eigenvalue weighted by molar-refractivity contribution is 0.0950. The summed E-state index contributed by atoms with van der Waals surface area (Å²) in [6, 6.07) is 15.3. The van der Waals surface area contributed by atoms with E-state index in [1.807, 2.05) is 49.4 Å². The molecule has 0 spiro atoms. The van der Waals surface area contributed by atoms with E-state index in [-0.39, 0.29) is 5.91 Å². The van der Waals surface area contributed by atoms with Crippen LogP contribution in [0.5, 0.6) is 0 Å². The number of nitrogens with zero attached hydrogens (tertiary/aromatic N) is 2. The van der Waals surface area contributed by atoms with Crippen molar-refractivity contribution in [2.75, 3.05) is 6.54 Å². The Bertz CT molecular complexity index is 1020. The highest BCUT2D eigenvalue weighted by Crippen LogP contribution is 2.21. The van der Waals surface area contributed by atoms with Crippen molar-refractivity contribution in [1.29, 1.82) is 0 Å². The fourth-order valence-electron chi connectivity index (χ4n) is 2.83. The number of pyridine rings is 1. The zero-order valence-electron chi connectivity index (χ0n) is 14.3. The number of fused-ring (bicyclic) bond motifs is 1. The molecule has 0 aliphatic heterocycles. The summed E-state index contributed by atoms with van der Waals surface area (Å²) >= 11 is 0. The molecule has 6 nitrogen and oxygen atoms in total. The third kappa shape index (κ3) is 3.21. The summed E-state index contributed by atoms with van der Waals surface area (Å²) in [5, 5.41) is 3.82. The number of hydrogen-bond donors (Lipinski definition) is 2. The molecule has 0 saturated carbocycles. The molecule has 3 aromatic heterocycles. The van der Waals surface area contributed by atoms with Crippen molar-refractivity contribution in [3.63, 3.8) is 0 Å². The highest BCUT2D eigenvalue weighted by atomic mass is 16.4. The predicted molar refractivity (Wildman–Crippen MR) is 98.8 cm³/mol. The van der Waals surface area contributed by atoms with E-state index in [2.05, 4.69) is 20.3 Å². The lowest BCUT2D eigenvalue weighted by atomic mass is 10.2. The molecule has 1 aromatic carbocycles. The monoisotopic (exact) mass is 346 g/mol. The molecule has 4 rings (SSSR count). The van der Waals surface area contributed by atoms with Crippen LogP contribution in [0, 0.1) is 6.92 Å². The maximum atomic E-state index is 12.3. The van der Waals surface area contributed by atoms with E-state index in [0.29, 0.717) is 30.2 Å². The van der Waals surface area contributed by atoms with Crippen LogP contribution < -0.4 is 5.32 Å². The van der Waals surface area contributed by atoms with E-state index in [0.717, 1.165) is 22.4 Å². The number of hydrogen-bond acceptors (Lipinski definition) is 4. The summed E-state index contributed by atoms with van der Waals surface area (Å²) in [6.45, 7) is 2.36. The van der Waals surface area contributed by atoms with Gasteiger partial charge in [0.05, 0.1) is 5.69 Å². The van der Waals surface area contributed by atoms with Crippen molar-refractivity contribution in [3.05, 3.63) is 71.9 Å². The van der Waals surface area contributed by atoms with E-state index in [1.54, 1.807) is 12.3 Å².